The maximum absolute atomic E-state index is 12.8. The van der Waals surface area contributed by atoms with Gasteiger partial charge in [-0.25, -0.2) is 4.39 Å². The summed E-state index contributed by atoms with van der Waals surface area (Å²) in [5.74, 6) is -0.249. The largest absolute Gasteiger partial charge is 0.389 e. The maximum atomic E-state index is 12.8. The minimum atomic E-state index is -0.817. The molecule has 1 aromatic heterocycles. The van der Waals surface area contributed by atoms with E-state index in [-0.39, 0.29) is 5.82 Å². The Hall–Kier alpha value is -0.710. The van der Waals surface area contributed by atoms with E-state index in [0.717, 1.165) is 14.9 Å². The van der Waals surface area contributed by atoms with E-state index < -0.39 is 5.60 Å². The van der Waals surface area contributed by atoms with Crippen LogP contribution >= 0.6 is 27.3 Å². The van der Waals surface area contributed by atoms with E-state index in [0.29, 0.717) is 12.8 Å². The van der Waals surface area contributed by atoms with Crippen molar-refractivity contribution < 1.29 is 9.50 Å². The molecule has 4 heteroatoms. The molecule has 0 radical (unpaired) electrons. The van der Waals surface area contributed by atoms with Crippen molar-refractivity contribution in [2.24, 2.45) is 0 Å². The summed E-state index contributed by atoms with van der Waals surface area (Å²) in [7, 11) is 0. The lowest BCUT2D eigenvalue weighted by Gasteiger charge is -2.22. The van der Waals surface area contributed by atoms with Gasteiger partial charge in [-0.15, -0.1) is 11.3 Å². The van der Waals surface area contributed by atoms with Crippen LogP contribution in [0.1, 0.15) is 17.4 Å². The Morgan fingerprint density at radius 2 is 1.94 bits per heavy atom. The first kappa shape index (κ1) is 13.7. The van der Waals surface area contributed by atoms with Gasteiger partial charge in [0.1, 0.15) is 5.82 Å². The van der Waals surface area contributed by atoms with Gasteiger partial charge in [0.25, 0.3) is 0 Å². The van der Waals surface area contributed by atoms with E-state index in [1.807, 2.05) is 18.4 Å². The molecule has 1 nitrogen and oxygen atoms in total. The zero-order chi connectivity index (χ0) is 13.2. The summed E-state index contributed by atoms with van der Waals surface area (Å²) in [6.45, 7) is 1.81. The molecule has 1 atom stereocenters. The van der Waals surface area contributed by atoms with E-state index in [2.05, 4.69) is 15.9 Å². The predicted molar refractivity (Wildman–Crippen MR) is 76.5 cm³/mol. The molecule has 1 aromatic carbocycles. The predicted octanol–water partition coefficient (Wildman–Crippen LogP) is 4.19. The Morgan fingerprint density at radius 3 is 2.50 bits per heavy atom. The zero-order valence-corrected chi connectivity index (χ0v) is 12.4. The molecule has 1 heterocycles. The van der Waals surface area contributed by atoms with Crippen LogP contribution in [-0.4, -0.2) is 10.7 Å². The van der Waals surface area contributed by atoms with Gasteiger partial charge in [-0.3, -0.25) is 0 Å². The Kier molecular flexibility index (Phi) is 4.20. The molecular weight excluding hydrogens is 315 g/mol. The van der Waals surface area contributed by atoms with Crippen molar-refractivity contribution >= 4 is 27.3 Å². The fourth-order valence-corrected chi connectivity index (χ4v) is 3.56. The Morgan fingerprint density at radius 1 is 1.28 bits per heavy atom. The second kappa shape index (κ2) is 5.51. The molecule has 18 heavy (non-hydrogen) atoms. The first-order chi connectivity index (χ1) is 8.44. The molecule has 0 saturated carbocycles. The van der Waals surface area contributed by atoms with Gasteiger partial charge in [0.05, 0.1) is 5.60 Å². The molecule has 0 spiro atoms. The Labute approximate surface area is 118 Å². The van der Waals surface area contributed by atoms with E-state index in [9.17, 15) is 9.50 Å². The third kappa shape index (κ3) is 3.90. The molecule has 0 bridgehead atoms. The zero-order valence-electron chi connectivity index (χ0n) is 9.99. The summed E-state index contributed by atoms with van der Waals surface area (Å²) in [5, 5.41) is 12.4. The second-order valence-corrected chi connectivity index (χ2v) is 6.62. The topological polar surface area (TPSA) is 20.2 Å². The SMILES string of the molecule is CC(O)(Cc1ccc(F)cc1)Cc1cc(Br)cs1. The molecule has 96 valence electrons. The van der Waals surface area contributed by atoms with Gasteiger partial charge in [0.15, 0.2) is 0 Å². The van der Waals surface area contributed by atoms with Crippen molar-refractivity contribution in [2.75, 3.05) is 0 Å². The first-order valence-corrected chi connectivity index (χ1v) is 7.32. The average molecular weight is 329 g/mol. The van der Waals surface area contributed by atoms with Crippen LogP contribution in [0.15, 0.2) is 40.2 Å². The van der Waals surface area contributed by atoms with Crippen molar-refractivity contribution in [1.82, 2.24) is 0 Å². The number of rotatable bonds is 4. The number of aliphatic hydroxyl groups is 1. The van der Waals surface area contributed by atoms with Crippen LogP contribution in [0.3, 0.4) is 0 Å². The van der Waals surface area contributed by atoms with Crippen molar-refractivity contribution in [3.63, 3.8) is 0 Å². The van der Waals surface area contributed by atoms with E-state index >= 15 is 0 Å². The highest BCUT2D eigenvalue weighted by atomic mass is 79.9. The molecule has 0 fully saturated rings. The van der Waals surface area contributed by atoms with Gasteiger partial charge in [-0.1, -0.05) is 12.1 Å². The van der Waals surface area contributed by atoms with Gasteiger partial charge in [-0.05, 0) is 46.6 Å². The highest BCUT2D eigenvalue weighted by Crippen LogP contribution is 2.25. The lowest BCUT2D eigenvalue weighted by atomic mass is 9.92. The summed E-state index contributed by atoms with van der Waals surface area (Å²) >= 11 is 5.02. The summed E-state index contributed by atoms with van der Waals surface area (Å²) in [6, 6.07) is 8.30. The van der Waals surface area contributed by atoms with Gasteiger partial charge >= 0.3 is 0 Å². The highest BCUT2D eigenvalue weighted by Gasteiger charge is 2.22. The Balaban J connectivity index is 2.04. The first-order valence-electron chi connectivity index (χ1n) is 5.64. The lowest BCUT2D eigenvalue weighted by Crippen LogP contribution is -2.29. The molecule has 1 unspecified atom stereocenters. The fourth-order valence-electron chi connectivity index (χ4n) is 1.93. The normalized spacial score (nSPS) is 14.4. The quantitative estimate of drug-likeness (QED) is 0.892. The van der Waals surface area contributed by atoms with Crippen LogP contribution in [0.5, 0.6) is 0 Å². The minimum absolute atomic E-state index is 0.249. The number of hydrogen-bond acceptors (Lipinski definition) is 2. The average Bonchev–Trinajstić information content (AvgIpc) is 2.66. The lowest BCUT2D eigenvalue weighted by molar-refractivity contribution is 0.0616. The minimum Gasteiger partial charge on any atom is -0.389 e. The van der Waals surface area contributed by atoms with E-state index in [1.54, 1.807) is 23.5 Å². The van der Waals surface area contributed by atoms with Crippen LogP contribution < -0.4 is 0 Å². The van der Waals surface area contributed by atoms with Crippen molar-refractivity contribution in [2.45, 2.75) is 25.4 Å². The summed E-state index contributed by atoms with van der Waals surface area (Å²) in [5.41, 5.74) is 0.124. The molecule has 2 aromatic rings. The van der Waals surface area contributed by atoms with Crippen molar-refractivity contribution in [1.29, 1.82) is 0 Å². The highest BCUT2D eigenvalue weighted by molar-refractivity contribution is 9.10. The van der Waals surface area contributed by atoms with Crippen molar-refractivity contribution in [3.05, 3.63) is 56.4 Å². The van der Waals surface area contributed by atoms with Gasteiger partial charge < -0.3 is 5.11 Å². The molecule has 0 aliphatic rings. The van der Waals surface area contributed by atoms with E-state index in [4.69, 9.17) is 0 Å². The van der Waals surface area contributed by atoms with Crippen LogP contribution in [-0.2, 0) is 12.8 Å². The number of thiophene rings is 1. The smallest absolute Gasteiger partial charge is 0.123 e. The standard InChI is InChI=1S/C14H14BrFOS/c1-14(17,8-13-6-11(15)9-18-13)7-10-2-4-12(16)5-3-10/h2-6,9,17H,7-8H2,1H3. The third-order valence-electron chi connectivity index (χ3n) is 2.68. The van der Waals surface area contributed by atoms with Gasteiger partial charge in [-0.2, -0.15) is 0 Å². The van der Waals surface area contributed by atoms with E-state index in [1.165, 1.54) is 12.1 Å². The molecule has 0 aliphatic carbocycles. The maximum Gasteiger partial charge on any atom is 0.123 e. The molecule has 0 amide bonds. The molecule has 2 rings (SSSR count). The van der Waals surface area contributed by atoms with Crippen LogP contribution in [0.25, 0.3) is 0 Å². The van der Waals surface area contributed by atoms with Gasteiger partial charge in [0, 0.05) is 27.6 Å². The van der Waals surface area contributed by atoms with Crippen molar-refractivity contribution in [3.8, 4) is 0 Å². The number of benzene rings is 1. The Bertz CT molecular complexity index is 519. The molecule has 0 saturated heterocycles. The molecular formula is C14H14BrFOS. The molecule has 0 aliphatic heterocycles. The monoisotopic (exact) mass is 328 g/mol. The summed E-state index contributed by atoms with van der Waals surface area (Å²) in [6.07, 6.45) is 1.11. The number of hydrogen-bond donors (Lipinski definition) is 1. The van der Waals surface area contributed by atoms with Crippen LogP contribution in [0, 0.1) is 5.82 Å². The fraction of sp³-hybridized carbons (Fsp3) is 0.286. The summed E-state index contributed by atoms with van der Waals surface area (Å²) in [4.78, 5) is 1.13. The third-order valence-corrected chi connectivity index (χ3v) is 4.37. The van der Waals surface area contributed by atoms with Crippen LogP contribution in [0.2, 0.25) is 0 Å². The molecule has 1 N–H and O–H groups in total. The van der Waals surface area contributed by atoms with Crippen LogP contribution in [0.4, 0.5) is 4.39 Å². The second-order valence-electron chi connectivity index (χ2n) is 4.71. The van der Waals surface area contributed by atoms with Gasteiger partial charge in [0.2, 0.25) is 0 Å². The number of halogens is 2. The summed E-state index contributed by atoms with van der Waals surface area (Å²) < 4.78 is 13.8.